The van der Waals surface area contributed by atoms with Crippen molar-refractivity contribution in [2.75, 3.05) is 32.7 Å². The minimum Gasteiger partial charge on any atom is -0.339 e. The first-order valence-electron chi connectivity index (χ1n) is 10.4. The van der Waals surface area contributed by atoms with Gasteiger partial charge >= 0.3 is 0 Å². The molecule has 2 saturated heterocycles. The Hall–Kier alpha value is -2.70. The van der Waals surface area contributed by atoms with E-state index in [1.165, 1.54) is 5.56 Å². The van der Waals surface area contributed by atoms with E-state index < -0.39 is 0 Å². The maximum Gasteiger partial charge on any atom is 0.253 e. The molecule has 0 aromatic heterocycles. The summed E-state index contributed by atoms with van der Waals surface area (Å²) in [6.07, 6.45) is 0.962. The van der Waals surface area contributed by atoms with E-state index in [0.29, 0.717) is 32.7 Å². The molecular formula is C23H28N4O2. The maximum atomic E-state index is 13.1. The number of nitrogens with zero attached hydrogens (tertiary/aromatic N) is 2. The average molecular weight is 393 g/mol. The van der Waals surface area contributed by atoms with Gasteiger partial charge in [-0.1, -0.05) is 49.4 Å². The van der Waals surface area contributed by atoms with Gasteiger partial charge in [-0.3, -0.25) is 15.0 Å². The lowest BCUT2D eigenvalue weighted by Gasteiger charge is -2.36. The van der Waals surface area contributed by atoms with Crippen molar-refractivity contribution in [3.05, 3.63) is 71.3 Å². The Bertz CT molecular complexity index is 845. The summed E-state index contributed by atoms with van der Waals surface area (Å²) in [7, 11) is 0. The Balaban J connectivity index is 1.36. The highest BCUT2D eigenvalue weighted by Gasteiger charge is 2.37. The number of rotatable bonds is 4. The summed E-state index contributed by atoms with van der Waals surface area (Å²) < 4.78 is 0. The molecule has 2 unspecified atom stereocenters. The highest BCUT2D eigenvalue weighted by molar-refractivity contribution is 5.94. The molecule has 152 valence electrons. The SMILES string of the molecule is CCc1ccc(C(=O)N2CCN(C(=O)C3CNNC3c3ccccc3)CC2)cc1. The van der Waals surface area contributed by atoms with Crippen molar-refractivity contribution in [3.8, 4) is 0 Å². The summed E-state index contributed by atoms with van der Waals surface area (Å²) in [4.78, 5) is 29.7. The van der Waals surface area contributed by atoms with Crippen molar-refractivity contribution >= 4 is 11.8 Å². The molecule has 0 radical (unpaired) electrons. The largest absolute Gasteiger partial charge is 0.339 e. The van der Waals surface area contributed by atoms with Crippen LogP contribution in [0.2, 0.25) is 0 Å². The molecule has 6 nitrogen and oxygen atoms in total. The second-order valence-electron chi connectivity index (χ2n) is 7.69. The Labute approximate surface area is 171 Å². The number of aryl methyl sites for hydroxylation is 1. The van der Waals surface area contributed by atoms with Gasteiger partial charge in [-0.05, 0) is 29.7 Å². The van der Waals surface area contributed by atoms with Crippen molar-refractivity contribution < 1.29 is 9.59 Å². The predicted molar refractivity (Wildman–Crippen MR) is 112 cm³/mol. The molecule has 2 aliphatic rings. The van der Waals surface area contributed by atoms with E-state index in [2.05, 4.69) is 17.8 Å². The molecule has 0 aliphatic carbocycles. The zero-order chi connectivity index (χ0) is 20.2. The van der Waals surface area contributed by atoms with Crippen LogP contribution in [0.5, 0.6) is 0 Å². The van der Waals surface area contributed by atoms with Crippen LogP contribution in [0.25, 0.3) is 0 Å². The molecule has 6 heteroatoms. The van der Waals surface area contributed by atoms with Gasteiger partial charge in [-0.2, -0.15) is 0 Å². The number of hydrogen-bond acceptors (Lipinski definition) is 4. The van der Waals surface area contributed by atoms with Gasteiger partial charge in [0.1, 0.15) is 0 Å². The molecule has 2 heterocycles. The lowest BCUT2D eigenvalue weighted by molar-refractivity contribution is -0.137. The fourth-order valence-corrected chi connectivity index (χ4v) is 4.13. The highest BCUT2D eigenvalue weighted by Crippen LogP contribution is 2.27. The lowest BCUT2D eigenvalue weighted by Crippen LogP contribution is -2.52. The first-order chi connectivity index (χ1) is 14.2. The normalized spacial score (nSPS) is 22.0. The standard InChI is InChI=1S/C23H28N4O2/c1-2-17-8-10-19(11-9-17)22(28)26-12-14-27(15-13-26)23(29)20-16-24-25-21(20)18-6-4-3-5-7-18/h3-11,20-21,24-25H,2,12-16H2,1H3. The van der Waals surface area contributed by atoms with Gasteiger partial charge in [-0.15, -0.1) is 0 Å². The zero-order valence-electron chi connectivity index (χ0n) is 16.8. The number of carbonyl (C=O) groups is 2. The van der Waals surface area contributed by atoms with Gasteiger partial charge in [0, 0.05) is 38.3 Å². The molecule has 2 amide bonds. The highest BCUT2D eigenvalue weighted by atomic mass is 16.2. The molecule has 29 heavy (non-hydrogen) atoms. The second-order valence-corrected chi connectivity index (χ2v) is 7.69. The van der Waals surface area contributed by atoms with Crippen LogP contribution in [-0.2, 0) is 11.2 Å². The topological polar surface area (TPSA) is 64.7 Å². The van der Waals surface area contributed by atoms with Crippen molar-refractivity contribution in [1.29, 1.82) is 0 Å². The molecule has 2 fully saturated rings. The number of hydrazine groups is 1. The minimum absolute atomic E-state index is 0.0274. The molecule has 2 aromatic carbocycles. The monoisotopic (exact) mass is 392 g/mol. The summed E-state index contributed by atoms with van der Waals surface area (Å²) >= 11 is 0. The molecule has 2 aromatic rings. The first kappa shape index (κ1) is 19.6. The van der Waals surface area contributed by atoms with Crippen LogP contribution in [0.1, 0.15) is 34.5 Å². The summed E-state index contributed by atoms with van der Waals surface area (Å²) in [5, 5.41) is 0. The summed E-state index contributed by atoms with van der Waals surface area (Å²) in [6, 6.07) is 17.9. The summed E-state index contributed by atoms with van der Waals surface area (Å²) in [5.74, 6) is 0.0584. The van der Waals surface area contributed by atoms with Crippen molar-refractivity contribution in [1.82, 2.24) is 20.7 Å². The van der Waals surface area contributed by atoms with E-state index in [-0.39, 0.29) is 23.8 Å². The van der Waals surface area contributed by atoms with E-state index in [0.717, 1.165) is 17.5 Å². The number of nitrogens with one attached hydrogen (secondary N) is 2. The van der Waals surface area contributed by atoms with Crippen LogP contribution < -0.4 is 10.9 Å². The van der Waals surface area contributed by atoms with Crippen LogP contribution in [0.4, 0.5) is 0 Å². The van der Waals surface area contributed by atoms with E-state index in [9.17, 15) is 9.59 Å². The van der Waals surface area contributed by atoms with Gasteiger partial charge in [0.2, 0.25) is 5.91 Å². The smallest absolute Gasteiger partial charge is 0.253 e. The van der Waals surface area contributed by atoms with E-state index in [4.69, 9.17) is 0 Å². The molecule has 2 atom stereocenters. The van der Waals surface area contributed by atoms with Crippen LogP contribution in [0.3, 0.4) is 0 Å². The van der Waals surface area contributed by atoms with E-state index >= 15 is 0 Å². The quantitative estimate of drug-likeness (QED) is 0.835. The van der Waals surface area contributed by atoms with Crippen LogP contribution in [0, 0.1) is 5.92 Å². The molecule has 2 N–H and O–H groups in total. The fraction of sp³-hybridized carbons (Fsp3) is 0.391. The van der Waals surface area contributed by atoms with Crippen molar-refractivity contribution in [3.63, 3.8) is 0 Å². The molecule has 0 spiro atoms. The Morgan fingerprint density at radius 1 is 0.931 bits per heavy atom. The minimum atomic E-state index is -0.138. The lowest BCUT2D eigenvalue weighted by atomic mass is 9.93. The molecule has 2 aliphatic heterocycles. The van der Waals surface area contributed by atoms with Gasteiger partial charge in [0.25, 0.3) is 5.91 Å². The number of piperazine rings is 1. The molecule has 0 saturated carbocycles. The third-order valence-corrected chi connectivity index (χ3v) is 5.95. The molecule has 4 rings (SSSR count). The van der Waals surface area contributed by atoms with Gasteiger partial charge in [0.05, 0.1) is 12.0 Å². The fourth-order valence-electron chi connectivity index (χ4n) is 4.13. The van der Waals surface area contributed by atoms with Gasteiger partial charge < -0.3 is 9.80 Å². The van der Waals surface area contributed by atoms with Crippen LogP contribution in [-0.4, -0.2) is 54.3 Å². The average Bonchev–Trinajstić information content (AvgIpc) is 3.29. The Morgan fingerprint density at radius 3 is 2.24 bits per heavy atom. The molecular weight excluding hydrogens is 364 g/mol. The Morgan fingerprint density at radius 2 is 1.59 bits per heavy atom. The third kappa shape index (κ3) is 4.18. The van der Waals surface area contributed by atoms with Crippen molar-refractivity contribution in [2.24, 2.45) is 5.92 Å². The van der Waals surface area contributed by atoms with Crippen molar-refractivity contribution in [2.45, 2.75) is 19.4 Å². The second kappa shape index (κ2) is 8.76. The van der Waals surface area contributed by atoms with Gasteiger partial charge in [0.15, 0.2) is 0 Å². The number of benzene rings is 2. The summed E-state index contributed by atoms with van der Waals surface area (Å²) in [6.45, 7) is 5.02. The Kier molecular flexibility index (Phi) is 5.92. The maximum absolute atomic E-state index is 13.1. The number of amides is 2. The van der Waals surface area contributed by atoms with E-state index in [1.807, 2.05) is 64.4 Å². The van der Waals surface area contributed by atoms with Crippen LogP contribution in [0.15, 0.2) is 54.6 Å². The third-order valence-electron chi connectivity index (χ3n) is 5.95. The zero-order valence-corrected chi connectivity index (χ0v) is 16.8. The predicted octanol–water partition coefficient (Wildman–Crippen LogP) is 2.00. The van der Waals surface area contributed by atoms with E-state index in [1.54, 1.807) is 0 Å². The van der Waals surface area contributed by atoms with Gasteiger partial charge in [-0.25, -0.2) is 5.43 Å². The number of hydrogen-bond donors (Lipinski definition) is 2. The number of carbonyl (C=O) groups excluding carboxylic acids is 2. The first-order valence-corrected chi connectivity index (χ1v) is 10.4. The molecule has 0 bridgehead atoms. The van der Waals surface area contributed by atoms with Crippen LogP contribution >= 0.6 is 0 Å². The summed E-state index contributed by atoms with van der Waals surface area (Å²) in [5.41, 5.74) is 9.43.